The van der Waals surface area contributed by atoms with Gasteiger partial charge in [0.15, 0.2) is 5.01 Å². The number of hydrogen-bond acceptors (Lipinski definition) is 11. The van der Waals surface area contributed by atoms with Gasteiger partial charge >= 0.3 is 24.1 Å². The summed E-state index contributed by atoms with van der Waals surface area (Å²) in [6.45, 7) is 7.63. The number of likely N-dealkylation sites (tertiary alicyclic amines) is 2. The van der Waals surface area contributed by atoms with Crippen LogP contribution in [-0.4, -0.2) is 111 Å². The fourth-order valence-electron chi connectivity index (χ4n) is 4.83. The van der Waals surface area contributed by atoms with E-state index in [2.05, 4.69) is 15.5 Å². The van der Waals surface area contributed by atoms with Gasteiger partial charge in [-0.3, -0.25) is 14.4 Å². The number of benzene rings is 1. The zero-order chi connectivity index (χ0) is 35.1. The van der Waals surface area contributed by atoms with Crippen LogP contribution >= 0.6 is 11.3 Å². The summed E-state index contributed by atoms with van der Waals surface area (Å²) in [6.07, 6.45) is -0.949. The number of carboxylic acid groups (broad SMARTS) is 2. The first-order valence-corrected chi connectivity index (χ1v) is 15.5. The zero-order valence-corrected chi connectivity index (χ0v) is 27.1. The lowest BCUT2D eigenvalue weighted by molar-refractivity contribution is -0.150. The van der Waals surface area contributed by atoms with Crippen molar-refractivity contribution in [1.29, 1.82) is 0 Å². The number of nitrogens with two attached hydrogens (primary N) is 1. The number of nitrogens with one attached hydrogen (secondary N) is 1. The number of hydrogen-bond donors (Lipinski definition) is 4. The number of carboxylic acids is 1. The normalized spacial score (nSPS) is 21.2. The molecule has 3 heterocycles. The first kappa shape index (κ1) is 37.0. The van der Waals surface area contributed by atoms with Crippen LogP contribution < -0.4 is 11.1 Å². The molecule has 47 heavy (non-hydrogen) atoms. The van der Waals surface area contributed by atoms with E-state index in [4.69, 9.17) is 25.4 Å². The summed E-state index contributed by atoms with van der Waals surface area (Å²) < 4.78 is 37.7. The number of rotatable bonds is 6. The Balaban J connectivity index is 0.000000386. The molecule has 2 aromatic rings. The summed E-state index contributed by atoms with van der Waals surface area (Å²) in [5.41, 5.74) is 4.87. The molecule has 0 radical (unpaired) electrons. The van der Waals surface area contributed by atoms with E-state index in [0.29, 0.717) is 13.0 Å². The molecule has 1 aromatic heterocycles. The number of carbonyl (C=O) groups is 5. The average Bonchev–Trinajstić information content (AvgIpc) is 3.47. The lowest BCUT2D eigenvalue weighted by Crippen LogP contribution is -2.55. The molecule has 3 amide bonds. The molecule has 2 aliphatic heterocycles. The molecular weight excluding hydrogens is 646 g/mol. The van der Waals surface area contributed by atoms with E-state index in [0.717, 1.165) is 28.4 Å². The maximum absolute atomic E-state index is 14.0. The summed E-state index contributed by atoms with van der Waals surface area (Å²) in [6, 6.07) is 1.96. The molecule has 0 aliphatic carbocycles. The summed E-state index contributed by atoms with van der Waals surface area (Å²) in [4.78, 5) is 61.5. The van der Waals surface area contributed by atoms with Crippen LogP contribution in [0.5, 0.6) is 0 Å². The zero-order valence-electron chi connectivity index (χ0n) is 26.3. The van der Waals surface area contributed by atoms with Gasteiger partial charge in [0.1, 0.15) is 17.2 Å². The third kappa shape index (κ3) is 10.3. The number of amides is 3. The predicted molar refractivity (Wildman–Crippen MR) is 162 cm³/mol. The fraction of sp³-hybridized carbons (Fsp3) is 0.552. The van der Waals surface area contributed by atoms with Gasteiger partial charge in [-0.25, -0.2) is 18.4 Å². The van der Waals surface area contributed by atoms with Gasteiger partial charge in [-0.05, 0) is 52.7 Å². The van der Waals surface area contributed by atoms with E-state index >= 15 is 0 Å². The second-order valence-electron chi connectivity index (χ2n) is 11.8. The Morgan fingerprint density at radius 3 is 2.30 bits per heavy atom. The summed E-state index contributed by atoms with van der Waals surface area (Å²) >= 11 is 0.837. The van der Waals surface area contributed by atoms with Crippen LogP contribution in [0.3, 0.4) is 0 Å². The molecule has 5 N–H and O–H groups in total. The topological polar surface area (TPSA) is 215 Å². The van der Waals surface area contributed by atoms with E-state index in [1.54, 1.807) is 27.7 Å². The largest absolute Gasteiger partial charge is 0.481 e. The number of ether oxygens (including phenoxy) is 2. The SMILES string of the molecule is CCOC(=O)[C@H]1CN(C(=O)OC(C)(C)C)CC[C@@H]1NC(=O)c1nnc(-c2ccc(F)cc2F)s1.N[C@H]1CCN(C(=O)O)C[C@H]1C(=O)O. The average molecular weight is 685 g/mol. The minimum absolute atomic E-state index is 0.00810. The first-order chi connectivity index (χ1) is 22.0. The van der Waals surface area contributed by atoms with Crippen molar-refractivity contribution >= 4 is 41.4 Å². The van der Waals surface area contributed by atoms with Crippen molar-refractivity contribution in [2.24, 2.45) is 17.6 Å². The Labute approximate surface area is 273 Å². The molecular formula is C29H38F2N6O9S. The Hall–Kier alpha value is -4.45. The van der Waals surface area contributed by atoms with Crippen LogP contribution in [0.4, 0.5) is 18.4 Å². The summed E-state index contributed by atoms with van der Waals surface area (Å²) in [5, 5.41) is 27.8. The molecule has 1 aromatic carbocycles. The van der Waals surface area contributed by atoms with E-state index in [9.17, 15) is 32.8 Å². The number of halogens is 2. The first-order valence-electron chi connectivity index (χ1n) is 14.7. The molecule has 18 heteroatoms. The maximum Gasteiger partial charge on any atom is 0.410 e. The molecule has 0 saturated carbocycles. The van der Waals surface area contributed by atoms with Crippen molar-refractivity contribution in [3.05, 3.63) is 34.8 Å². The van der Waals surface area contributed by atoms with Gasteiger partial charge in [0, 0.05) is 49.9 Å². The highest BCUT2D eigenvalue weighted by Crippen LogP contribution is 2.27. The maximum atomic E-state index is 14.0. The van der Waals surface area contributed by atoms with Crippen LogP contribution in [0, 0.1) is 23.5 Å². The molecule has 2 aliphatic rings. The van der Waals surface area contributed by atoms with Crippen LogP contribution in [-0.2, 0) is 19.1 Å². The lowest BCUT2D eigenvalue weighted by Gasteiger charge is -2.37. The molecule has 4 atom stereocenters. The second kappa shape index (κ2) is 15.9. The van der Waals surface area contributed by atoms with Crippen molar-refractivity contribution in [3.63, 3.8) is 0 Å². The molecule has 2 fully saturated rings. The van der Waals surface area contributed by atoms with E-state index in [1.165, 1.54) is 11.0 Å². The standard InChI is InChI=1S/C22H26F2N4O5S.C7H12N2O4/c1-5-32-20(30)14-11-28(21(31)33-22(2,3)4)9-8-16(14)25-17(29)19-27-26-18(34-19)13-7-6-12(23)10-15(13)24;8-5-1-2-9(7(12)13)3-4(5)6(10)11/h6-7,10,14,16H,5,8-9,11H2,1-4H3,(H,25,29);4-5H,1-3,8H2,(H,10,11)(H,12,13)/t14-,16-;4-,5+/m01/s1. The molecule has 4 rings (SSSR count). The van der Waals surface area contributed by atoms with E-state index in [-0.39, 0.29) is 48.2 Å². The Morgan fingerprint density at radius 1 is 1.04 bits per heavy atom. The van der Waals surface area contributed by atoms with Gasteiger partial charge in [0.25, 0.3) is 5.91 Å². The van der Waals surface area contributed by atoms with Gasteiger partial charge in [-0.1, -0.05) is 11.3 Å². The van der Waals surface area contributed by atoms with Gasteiger partial charge in [0.2, 0.25) is 5.01 Å². The highest BCUT2D eigenvalue weighted by Gasteiger charge is 2.40. The number of aromatic nitrogens is 2. The Bertz CT molecular complexity index is 1470. The number of piperidine rings is 2. The molecule has 258 valence electrons. The highest BCUT2D eigenvalue weighted by atomic mass is 32.1. The van der Waals surface area contributed by atoms with Crippen LogP contribution in [0.1, 0.15) is 50.3 Å². The van der Waals surface area contributed by atoms with Crippen molar-refractivity contribution in [1.82, 2.24) is 25.3 Å². The summed E-state index contributed by atoms with van der Waals surface area (Å²) in [7, 11) is 0. The third-order valence-corrected chi connectivity index (χ3v) is 8.16. The molecule has 2 saturated heterocycles. The van der Waals surface area contributed by atoms with Gasteiger partial charge in [0.05, 0.1) is 18.4 Å². The summed E-state index contributed by atoms with van der Waals surface area (Å²) in [5.74, 6) is -5.31. The number of nitrogens with zero attached hydrogens (tertiary/aromatic N) is 4. The third-order valence-electron chi connectivity index (χ3n) is 7.21. The van der Waals surface area contributed by atoms with Gasteiger partial charge in [-0.15, -0.1) is 10.2 Å². The number of esters is 1. The van der Waals surface area contributed by atoms with E-state index < -0.39 is 71.2 Å². The minimum Gasteiger partial charge on any atom is -0.481 e. The quantitative estimate of drug-likeness (QED) is 0.323. The van der Waals surface area contributed by atoms with Crippen molar-refractivity contribution in [2.75, 3.05) is 32.8 Å². The lowest BCUT2D eigenvalue weighted by atomic mass is 9.92. The molecule has 0 spiro atoms. The van der Waals surface area contributed by atoms with Crippen molar-refractivity contribution in [2.45, 2.75) is 58.2 Å². The second-order valence-corrected chi connectivity index (χ2v) is 12.8. The Kier molecular flexibility index (Phi) is 12.5. The van der Waals surface area contributed by atoms with Gasteiger partial charge < -0.3 is 40.5 Å². The smallest absolute Gasteiger partial charge is 0.410 e. The molecule has 0 bridgehead atoms. The van der Waals surface area contributed by atoms with Crippen molar-refractivity contribution in [3.8, 4) is 10.6 Å². The minimum atomic E-state index is -1.09. The number of aliphatic carboxylic acids is 1. The Morgan fingerprint density at radius 2 is 1.70 bits per heavy atom. The predicted octanol–water partition coefficient (Wildman–Crippen LogP) is 2.80. The highest BCUT2D eigenvalue weighted by molar-refractivity contribution is 7.16. The monoisotopic (exact) mass is 684 g/mol. The molecule has 15 nitrogen and oxygen atoms in total. The van der Waals surface area contributed by atoms with Gasteiger partial charge in [-0.2, -0.15) is 0 Å². The van der Waals surface area contributed by atoms with E-state index in [1.807, 2.05) is 0 Å². The van der Waals surface area contributed by atoms with Crippen LogP contribution in [0.25, 0.3) is 10.6 Å². The number of carbonyl (C=O) groups excluding carboxylic acids is 3. The fourth-order valence-corrected chi connectivity index (χ4v) is 5.60. The molecule has 0 unspecified atom stereocenters. The van der Waals surface area contributed by atoms with Crippen LogP contribution in [0.15, 0.2) is 18.2 Å². The van der Waals surface area contributed by atoms with Crippen LogP contribution in [0.2, 0.25) is 0 Å². The van der Waals surface area contributed by atoms with Crippen molar-refractivity contribution < 1.29 is 52.4 Å².